The molecule has 1 aromatic rings. The Hall–Kier alpha value is -1.09. The van der Waals surface area contributed by atoms with Crippen molar-refractivity contribution in [1.29, 1.82) is 0 Å². The summed E-state index contributed by atoms with van der Waals surface area (Å²) in [6.45, 7) is 4.85. The molecule has 1 N–H and O–H groups in total. The van der Waals surface area contributed by atoms with Gasteiger partial charge in [-0.2, -0.15) is 0 Å². The fourth-order valence-electron chi connectivity index (χ4n) is 6.86. The van der Waals surface area contributed by atoms with E-state index in [-0.39, 0.29) is 16.9 Å². The summed E-state index contributed by atoms with van der Waals surface area (Å²) in [4.78, 5) is 0. The molecule has 3 heteroatoms. The number of rotatable bonds is 0. The highest BCUT2D eigenvalue weighted by Gasteiger charge is 2.58. The van der Waals surface area contributed by atoms with Crippen LogP contribution in [0.2, 0.25) is 0 Å². The Morgan fingerprint density at radius 3 is 2.91 bits per heavy atom. The molecule has 0 saturated heterocycles. The zero-order valence-corrected chi connectivity index (χ0v) is 14.2. The number of hydrogen-bond acceptors (Lipinski definition) is 3. The van der Waals surface area contributed by atoms with Crippen LogP contribution in [0.3, 0.4) is 0 Å². The average Bonchev–Trinajstić information content (AvgIpc) is 3.08. The highest BCUT2D eigenvalue weighted by atomic mass is 16.5. The third-order valence-electron chi connectivity index (χ3n) is 8.23. The van der Waals surface area contributed by atoms with Crippen LogP contribution in [0, 0.1) is 28.6 Å². The van der Waals surface area contributed by atoms with Gasteiger partial charge in [-0.15, -0.1) is 0 Å². The molecule has 1 aromatic heterocycles. The van der Waals surface area contributed by atoms with Crippen LogP contribution in [0.4, 0.5) is 0 Å². The molecule has 3 fully saturated rings. The summed E-state index contributed by atoms with van der Waals surface area (Å²) in [5, 5.41) is 14.6. The zero-order chi connectivity index (χ0) is 15.8. The molecule has 0 bridgehead atoms. The Bertz CT molecular complexity index is 677. The van der Waals surface area contributed by atoms with Crippen molar-refractivity contribution in [3.05, 3.63) is 23.1 Å². The van der Waals surface area contributed by atoms with Gasteiger partial charge in [0.25, 0.3) is 0 Å². The van der Waals surface area contributed by atoms with Crippen LogP contribution < -0.4 is 0 Å². The largest absolute Gasteiger partial charge is 0.393 e. The van der Waals surface area contributed by atoms with E-state index in [9.17, 15) is 5.11 Å². The maximum absolute atomic E-state index is 10.5. The number of nitrogens with zero attached hydrogens (tertiary/aromatic N) is 1. The van der Waals surface area contributed by atoms with Crippen LogP contribution in [-0.4, -0.2) is 16.4 Å². The number of aromatic nitrogens is 1. The van der Waals surface area contributed by atoms with E-state index in [0.717, 1.165) is 36.4 Å². The predicted molar refractivity (Wildman–Crippen MR) is 88.6 cm³/mol. The minimum Gasteiger partial charge on any atom is -0.393 e. The van der Waals surface area contributed by atoms with Gasteiger partial charge in [0.1, 0.15) is 0 Å². The maximum atomic E-state index is 10.5. The van der Waals surface area contributed by atoms with Gasteiger partial charge in [-0.05, 0) is 79.6 Å². The monoisotopic (exact) mass is 313 g/mol. The van der Waals surface area contributed by atoms with Crippen LogP contribution in [-0.2, 0) is 6.42 Å². The van der Waals surface area contributed by atoms with Gasteiger partial charge in [-0.25, -0.2) is 0 Å². The fourth-order valence-corrected chi connectivity index (χ4v) is 6.86. The van der Waals surface area contributed by atoms with E-state index >= 15 is 0 Å². The smallest absolute Gasteiger partial charge is 0.162 e. The van der Waals surface area contributed by atoms with Crippen LogP contribution in [0.5, 0.6) is 0 Å². The predicted octanol–water partition coefficient (Wildman–Crippen LogP) is 4.22. The SMILES string of the molecule is CC12Cc3cnoc3C=C1CCC1C2CCC2(C)C(O)CCC12. The minimum absolute atomic E-state index is 0.0748. The van der Waals surface area contributed by atoms with Crippen molar-refractivity contribution >= 4 is 6.08 Å². The van der Waals surface area contributed by atoms with Crippen molar-refractivity contribution < 1.29 is 9.63 Å². The highest BCUT2D eigenvalue weighted by molar-refractivity contribution is 5.57. The van der Waals surface area contributed by atoms with Crippen LogP contribution in [0.15, 0.2) is 16.3 Å². The quantitative estimate of drug-likeness (QED) is 0.780. The molecule has 1 heterocycles. The van der Waals surface area contributed by atoms with Gasteiger partial charge < -0.3 is 9.63 Å². The van der Waals surface area contributed by atoms with E-state index in [1.807, 2.05) is 6.20 Å². The normalized spacial score (nSPS) is 48.0. The van der Waals surface area contributed by atoms with Gasteiger partial charge in [0.15, 0.2) is 5.76 Å². The molecule has 4 aliphatic carbocycles. The molecule has 6 unspecified atom stereocenters. The van der Waals surface area contributed by atoms with Gasteiger partial charge >= 0.3 is 0 Å². The number of fused-ring (bicyclic) bond motifs is 6. The second-order valence-corrected chi connectivity index (χ2v) is 9.03. The first kappa shape index (κ1) is 14.3. The van der Waals surface area contributed by atoms with Gasteiger partial charge in [-0.3, -0.25) is 0 Å². The molecule has 3 nitrogen and oxygen atoms in total. The molecule has 4 aliphatic rings. The molecule has 0 radical (unpaired) electrons. The van der Waals surface area contributed by atoms with Gasteiger partial charge in [0, 0.05) is 5.56 Å². The minimum atomic E-state index is -0.0748. The maximum Gasteiger partial charge on any atom is 0.162 e. The first-order valence-electron chi connectivity index (χ1n) is 9.35. The Morgan fingerprint density at radius 2 is 2.04 bits per heavy atom. The molecule has 0 spiro atoms. The summed E-state index contributed by atoms with van der Waals surface area (Å²) in [6, 6.07) is 0. The lowest BCUT2D eigenvalue weighted by atomic mass is 9.47. The molecular formula is C20H27NO2. The topological polar surface area (TPSA) is 46.3 Å². The van der Waals surface area contributed by atoms with Crippen LogP contribution in [0.25, 0.3) is 6.08 Å². The first-order chi connectivity index (χ1) is 11.0. The summed E-state index contributed by atoms with van der Waals surface area (Å²) in [5.41, 5.74) is 3.33. The third kappa shape index (κ3) is 1.72. The number of allylic oxidation sites excluding steroid dienone is 1. The summed E-state index contributed by atoms with van der Waals surface area (Å²) >= 11 is 0. The van der Waals surface area contributed by atoms with E-state index in [0.29, 0.717) is 0 Å². The van der Waals surface area contributed by atoms with Crippen LogP contribution in [0.1, 0.15) is 63.7 Å². The summed E-state index contributed by atoms with van der Waals surface area (Å²) < 4.78 is 5.43. The molecular weight excluding hydrogens is 286 g/mol. The zero-order valence-electron chi connectivity index (χ0n) is 14.2. The Labute approximate surface area is 138 Å². The van der Waals surface area contributed by atoms with Crippen molar-refractivity contribution in [3.63, 3.8) is 0 Å². The summed E-state index contributed by atoms with van der Waals surface area (Å²) in [6.07, 6.45) is 12.4. The fraction of sp³-hybridized carbons (Fsp3) is 0.750. The van der Waals surface area contributed by atoms with Crippen LogP contribution >= 0.6 is 0 Å². The first-order valence-corrected chi connectivity index (χ1v) is 9.35. The van der Waals surface area contributed by atoms with Crippen molar-refractivity contribution in [2.75, 3.05) is 0 Å². The molecule has 3 saturated carbocycles. The second kappa shape index (κ2) is 4.50. The van der Waals surface area contributed by atoms with Crippen molar-refractivity contribution in [2.45, 2.75) is 64.9 Å². The van der Waals surface area contributed by atoms with E-state index in [4.69, 9.17) is 4.52 Å². The van der Waals surface area contributed by atoms with E-state index < -0.39 is 0 Å². The molecule has 6 atom stereocenters. The molecule has 5 rings (SSSR count). The Morgan fingerprint density at radius 1 is 1.17 bits per heavy atom. The third-order valence-corrected chi connectivity index (χ3v) is 8.23. The molecule has 0 aliphatic heterocycles. The lowest BCUT2D eigenvalue weighted by Crippen LogP contribution is -2.51. The number of aliphatic hydroxyl groups excluding tert-OH is 1. The van der Waals surface area contributed by atoms with Gasteiger partial charge in [0.2, 0.25) is 0 Å². The average molecular weight is 313 g/mol. The number of aliphatic hydroxyl groups is 1. The van der Waals surface area contributed by atoms with Crippen molar-refractivity contribution in [2.24, 2.45) is 28.6 Å². The Kier molecular flexibility index (Phi) is 2.79. The second-order valence-electron chi connectivity index (χ2n) is 9.03. The highest BCUT2D eigenvalue weighted by Crippen LogP contribution is 2.65. The van der Waals surface area contributed by atoms with E-state index in [2.05, 4.69) is 25.1 Å². The van der Waals surface area contributed by atoms with Gasteiger partial charge in [-0.1, -0.05) is 24.6 Å². The molecule has 124 valence electrons. The van der Waals surface area contributed by atoms with Gasteiger partial charge in [0.05, 0.1) is 12.3 Å². The molecule has 0 amide bonds. The van der Waals surface area contributed by atoms with E-state index in [1.165, 1.54) is 37.7 Å². The summed E-state index contributed by atoms with van der Waals surface area (Å²) in [7, 11) is 0. The van der Waals surface area contributed by atoms with Crippen molar-refractivity contribution in [1.82, 2.24) is 5.16 Å². The lowest BCUT2D eigenvalue weighted by molar-refractivity contribution is -0.0704. The van der Waals surface area contributed by atoms with Crippen molar-refractivity contribution in [3.8, 4) is 0 Å². The lowest BCUT2D eigenvalue weighted by Gasteiger charge is -2.57. The standard InChI is InChI=1S/C20H27NO2/c1-19-8-7-16-14(15(19)5-6-18(19)22)4-3-13-9-17-12(11-21-23-17)10-20(13,16)2/h9,11,14-16,18,22H,3-8,10H2,1-2H3. The summed E-state index contributed by atoms with van der Waals surface area (Å²) in [5.74, 6) is 3.26. The molecule has 23 heavy (non-hydrogen) atoms. The van der Waals surface area contributed by atoms with E-state index in [1.54, 1.807) is 5.57 Å². The molecule has 0 aromatic carbocycles. The number of hydrogen-bond donors (Lipinski definition) is 1. The Balaban J connectivity index is 1.53.